The smallest absolute Gasteiger partial charge is 0.340 e. The summed E-state index contributed by atoms with van der Waals surface area (Å²) in [6.07, 6.45) is 0.162. The van der Waals surface area contributed by atoms with Gasteiger partial charge in [0.25, 0.3) is 0 Å². The summed E-state index contributed by atoms with van der Waals surface area (Å²) < 4.78 is 10.4. The SMILES string of the molecule is CCOC(CC)C(=O)Oc1ccccc1. The number of para-hydroxylation sites is 1. The van der Waals surface area contributed by atoms with Crippen molar-refractivity contribution in [2.24, 2.45) is 0 Å². The monoisotopic (exact) mass is 208 g/mol. The first kappa shape index (κ1) is 11.7. The quantitative estimate of drug-likeness (QED) is 0.550. The normalized spacial score (nSPS) is 12.1. The standard InChI is InChI=1S/C12H16O3/c1-3-11(14-4-2)12(13)15-10-8-6-5-7-9-10/h5-9,11H,3-4H2,1-2H3. The van der Waals surface area contributed by atoms with Crippen molar-refractivity contribution in [3.8, 4) is 5.75 Å². The highest BCUT2D eigenvalue weighted by atomic mass is 16.6. The third kappa shape index (κ3) is 3.72. The van der Waals surface area contributed by atoms with Crippen LogP contribution < -0.4 is 4.74 Å². The molecule has 0 fully saturated rings. The second-order valence-electron chi connectivity index (χ2n) is 3.09. The molecule has 1 aromatic carbocycles. The van der Waals surface area contributed by atoms with Crippen LogP contribution in [0.1, 0.15) is 20.3 Å². The second-order valence-corrected chi connectivity index (χ2v) is 3.09. The minimum Gasteiger partial charge on any atom is -0.425 e. The molecule has 1 rings (SSSR count). The number of hydrogen-bond acceptors (Lipinski definition) is 3. The number of carbonyl (C=O) groups is 1. The zero-order valence-corrected chi connectivity index (χ0v) is 9.10. The lowest BCUT2D eigenvalue weighted by Gasteiger charge is -2.13. The largest absolute Gasteiger partial charge is 0.425 e. The number of esters is 1. The molecule has 0 radical (unpaired) electrons. The molecule has 1 unspecified atom stereocenters. The van der Waals surface area contributed by atoms with Crippen LogP contribution in [0.3, 0.4) is 0 Å². The first-order valence-electron chi connectivity index (χ1n) is 5.16. The average molecular weight is 208 g/mol. The van der Waals surface area contributed by atoms with Crippen molar-refractivity contribution in [2.75, 3.05) is 6.61 Å². The highest BCUT2D eigenvalue weighted by Crippen LogP contribution is 2.11. The molecule has 0 bridgehead atoms. The first-order valence-corrected chi connectivity index (χ1v) is 5.16. The van der Waals surface area contributed by atoms with Crippen LogP contribution >= 0.6 is 0 Å². The molecule has 0 spiro atoms. The second kappa shape index (κ2) is 6.19. The van der Waals surface area contributed by atoms with Crippen LogP contribution in [-0.4, -0.2) is 18.7 Å². The predicted octanol–water partition coefficient (Wildman–Crippen LogP) is 2.41. The number of benzene rings is 1. The van der Waals surface area contributed by atoms with Crippen LogP contribution in [0.2, 0.25) is 0 Å². The Bertz CT molecular complexity index is 295. The van der Waals surface area contributed by atoms with E-state index in [1.807, 2.05) is 32.0 Å². The molecule has 0 saturated heterocycles. The van der Waals surface area contributed by atoms with Crippen molar-refractivity contribution in [3.63, 3.8) is 0 Å². The summed E-state index contributed by atoms with van der Waals surface area (Å²) in [4.78, 5) is 11.6. The molecule has 0 aliphatic heterocycles. The van der Waals surface area contributed by atoms with Crippen molar-refractivity contribution in [2.45, 2.75) is 26.4 Å². The van der Waals surface area contributed by atoms with Gasteiger partial charge in [-0.05, 0) is 25.5 Å². The fraction of sp³-hybridized carbons (Fsp3) is 0.417. The molecule has 0 amide bonds. The number of rotatable bonds is 5. The maximum absolute atomic E-state index is 11.6. The van der Waals surface area contributed by atoms with Crippen LogP contribution in [-0.2, 0) is 9.53 Å². The summed E-state index contributed by atoms with van der Waals surface area (Å²) in [5.41, 5.74) is 0. The summed E-state index contributed by atoms with van der Waals surface area (Å²) in [5, 5.41) is 0. The Kier molecular flexibility index (Phi) is 4.84. The molecule has 15 heavy (non-hydrogen) atoms. The van der Waals surface area contributed by atoms with E-state index in [0.717, 1.165) is 0 Å². The summed E-state index contributed by atoms with van der Waals surface area (Å²) in [5.74, 6) is 0.228. The zero-order valence-electron chi connectivity index (χ0n) is 9.10. The van der Waals surface area contributed by atoms with Gasteiger partial charge in [-0.1, -0.05) is 25.1 Å². The summed E-state index contributed by atoms with van der Waals surface area (Å²) in [6, 6.07) is 9.01. The Balaban J connectivity index is 2.54. The lowest BCUT2D eigenvalue weighted by Crippen LogP contribution is -2.28. The van der Waals surface area contributed by atoms with Gasteiger partial charge in [0.15, 0.2) is 6.10 Å². The van der Waals surface area contributed by atoms with E-state index in [2.05, 4.69) is 0 Å². The van der Waals surface area contributed by atoms with E-state index < -0.39 is 6.10 Å². The molecular weight excluding hydrogens is 192 g/mol. The fourth-order valence-electron chi connectivity index (χ4n) is 1.22. The van der Waals surface area contributed by atoms with Gasteiger partial charge in [0.2, 0.25) is 0 Å². The third-order valence-electron chi connectivity index (χ3n) is 1.96. The lowest BCUT2D eigenvalue weighted by molar-refractivity contribution is -0.147. The van der Waals surface area contributed by atoms with Gasteiger partial charge in [0.05, 0.1) is 0 Å². The Morgan fingerprint density at radius 1 is 1.27 bits per heavy atom. The Morgan fingerprint density at radius 2 is 1.93 bits per heavy atom. The molecule has 0 aliphatic carbocycles. The molecule has 0 aromatic heterocycles. The fourth-order valence-corrected chi connectivity index (χ4v) is 1.22. The van der Waals surface area contributed by atoms with E-state index in [1.165, 1.54) is 0 Å². The third-order valence-corrected chi connectivity index (χ3v) is 1.96. The molecule has 1 atom stereocenters. The molecule has 0 aliphatic rings. The lowest BCUT2D eigenvalue weighted by atomic mass is 10.3. The average Bonchev–Trinajstić information content (AvgIpc) is 2.27. The molecule has 82 valence electrons. The van der Waals surface area contributed by atoms with Crippen molar-refractivity contribution < 1.29 is 14.3 Å². The van der Waals surface area contributed by atoms with Gasteiger partial charge in [0.1, 0.15) is 5.75 Å². The minimum atomic E-state index is -0.463. The van der Waals surface area contributed by atoms with E-state index in [9.17, 15) is 4.79 Å². The van der Waals surface area contributed by atoms with Crippen LogP contribution in [0.5, 0.6) is 5.75 Å². The van der Waals surface area contributed by atoms with Gasteiger partial charge in [-0.3, -0.25) is 0 Å². The Morgan fingerprint density at radius 3 is 2.47 bits per heavy atom. The van der Waals surface area contributed by atoms with Gasteiger partial charge >= 0.3 is 5.97 Å². The molecule has 1 aromatic rings. The number of carbonyl (C=O) groups excluding carboxylic acids is 1. The van der Waals surface area contributed by atoms with Gasteiger partial charge in [-0.15, -0.1) is 0 Å². The van der Waals surface area contributed by atoms with Gasteiger partial charge in [-0.25, -0.2) is 4.79 Å². The van der Waals surface area contributed by atoms with Gasteiger partial charge in [0, 0.05) is 6.61 Å². The minimum absolute atomic E-state index is 0.328. The summed E-state index contributed by atoms with van der Waals surface area (Å²) >= 11 is 0. The molecular formula is C12H16O3. The highest BCUT2D eigenvalue weighted by molar-refractivity contribution is 5.77. The maximum Gasteiger partial charge on any atom is 0.340 e. The van der Waals surface area contributed by atoms with Crippen molar-refractivity contribution in [3.05, 3.63) is 30.3 Å². The van der Waals surface area contributed by atoms with E-state index in [1.54, 1.807) is 12.1 Å². The van der Waals surface area contributed by atoms with Crippen molar-refractivity contribution in [1.29, 1.82) is 0 Å². The molecule has 3 heteroatoms. The van der Waals surface area contributed by atoms with Crippen molar-refractivity contribution >= 4 is 5.97 Å². The van der Waals surface area contributed by atoms with Crippen LogP contribution in [0, 0.1) is 0 Å². The summed E-state index contributed by atoms with van der Waals surface area (Å²) in [6.45, 7) is 4.27. The van der Waals surface area contributed by atoms with E-state index in [-0.39, 0.29) is 5.97 Å². The molecule has 0 heterocycles. The first-order chi connectivity index (χ1) is 7.27. The van der Waals surface area contributed by atoms with Crippen molar-refractivity contribution in [1.82, 2.24) is 0 Å². The Labute approximate surface area is 90.0 Å². The van der Waals surface area contributed by atoms with Gasteiger partial charge in [-0.2, -0.15) is 0 Å². The topological polar surface area (TPSA) is 35.5 Å². The van der Waals surface area contributed by atoms with Crippen LogP contribution in [0.15, 0.2) is 30.3 Å². The predicted molar refractivity (Wildman–Crippen MR) is 57.8 cm³/mol. The Hall–Kier alpha value is -1.35. The maximum atomic E-state index is 11.6. The molecule has 0 saturated carbocycles. The van der Waals surface area contributed by atoms with E-state index in [0.29, 0.717) is 18.8 Å². The van der Waals surface area contributed by atoms with E-state index >= 15 is 0 Å². The van der Waals surface area contributed by atoms with E-state index in [4.69, 9.17) is 9.47 Å². The number of hydrogen-bond donors (Lipinski definition) is 0. The zero-order chi connectivity index (χ0) is 11.1. The van der Waals surface area contributed by atoms with Gasteiger partial charge < -0.3 is 9.47 Å². The number of ether oxygens (including phenoxy) is 2. The molecule has 3 nitrogen and oxygen atoms in total. The molecule has 0 N–H and O–H groups in total. The van der Waals surface area contributed by atoms with Crippen LogP contribution in [0.25, 0.3) is 0 Å². The van der Waals surface area contributed by atoms with Crippen LogP contribution in [0.4, 0.5) is 0 Å². The highest BCUT2D eigenvalue weighted by Gasteiger charge is 2.18. The summed E-state index contributed by atoms with van der Waals surface area (Å²) in [7, 11) is 0.